The van der Waals surface area contributed by atoms with E-state index in [1.165, 1.54) is 17.6 Å². The standard InChI is InChI=1S/C23H27N3O5S2.ClH/c1-17-4-3-5-18(14-17)31-16-22(27)26(9-8-25-10-12-30-13-11-25)23-24-20-7-6-19(33(2,28)29)15-21(20)32-23;/h3-7,14-15H,8-13,16H2,1-2H3;1H. The van der Waals surface area contributed by atoms with Crippen molar-refractivity contribution in [2.24, 2.45) is 0 Å². The van der Waals surface area contributed by atoms with Crippen LogP contribution in [0.3, 0.4) is 0 Å². The normalized spacial score (nSPS) is 14.5. The van der Waals surface area contributed by atoms with Crippen LogP contribution in [-0.4, -0.2) is 76.5 Å². The summed E-state index contributed by atoms with van der Waals surface area (Å²) in [5, 5.41) is 0.529. The predicted octanol–water partition coefficient (Wildman–Crippen LogP) is 3.17. The van der Waals surface area contributed by atoms with Crippen LogP contribution in [0.25, 0.3) is 10.2 Å². The number of halogens is 1. The van der Waals surface area contributed by atoms with E-state index in [4.69, 9.17) is 9.47 Å². The summed E-state index contributed by atoms with van der Waals surface area (Å²) < 4.78 is 35.8. The number of anilines is 1. The van der Waals surface area contributed by atoms with Crippen molar-refractivity contribution < 1.29 is 22.7 Å². The molecule has 4 rings (SSSR count). The highest BCUT2D eigenvalue weighted by atomic mass is 35.5. The van der Waals surface area contributed by atoms with Crippen molar-refractivity contribution in [1.82, 2.24) is 9.88 Å². The molecule has 1 saturated heterocycles. The molecule has 2 aromatic carbocycles. The minimum Gasteiger partial charge on any atom is -0.484 e. The summed E-state index contributed by atoms with van der Waals surface area (Å²) >= 11 is 1.31. The van der Waals surface area contributed by atoms with E-state index in [9.17, 15) is 13.2 Å². The number of aryl methyl sites for hydroxylation is 1. The number of hydrogen-bond donors (Lipinski definition) is 0. The van der Waals surface area contributed by atoms with E-state index in [-0.39, 0.29) is 29.8 Å². The van der Waals surface area contributed by atoms with E-state index in [0.717, 1.165) is 23.4 Å². The molecule has 1 aliphatic rings. The van der Waals surface area contributed by atoms with Crippen molar-refractivity contribution >= 4 is 54.8 Å². The summed E-state index contributed by atoms with van der Waals surface area (Å²) in [4.78, 5) is 21.9. The van der Waals surface area contributed by atoms with E-state index >= 15 is 0 Å². The van der Waals surface area contributed by atoms with Crippen LogP contribution in [0.5, 0.6) is 5.75 Å². The molecule has 184 valence electrons. The number of sulfone groups is 1. The molecule has 1 aromatic heterocycles. The summed E-state index contributed by atoms with van der Waals surface area (Å²) in [6, 6.07) is 12.4. The lowest BCUT2D eigenvalue weighted by molar-refractivity contribution is -0.120. The molecule has 0 unspecified atom stereocenters. The number of aromatic nitrogens is 1. The van der Waals surface area contributed by atoms with Gasteiger partial charge in [0.05, 0.1) is 28.3 Å². The van der Waals surface area contributed by atoms with E-state index in [1.807, 2.05) is 31.2 Å². The van der Waals surface area contributed by atoms with Crippen molar-refractivity contribution in [3.8, 4) is 5.75 Å². The molecule has 1 aliphatic heterocycles. The van der Waals surface area contributed by atoms with Crippen molar-refractivity contribution in [3.63, 3.8) is 0 Å². The lowest BCUT2D eigenvalue weighted by Gasteiger charge is -2.29. The molecule has 0 radical (unpaired) electrons. The van der Waals surface area contributed by atoms with Crippen LogP contribution in [0.1, 0.15) is 5.56 Å². The predicted molar refractivity (Wildman–Crippen MR) is 136 cm³/mol. The Balaban J connectivity index is 0.00000324. The van der Waals surface area contributed by atoms with Gasteiger partial charge >= 0.3 is 0 Å². The number of thiazole rings is 1. The second-order valence-corrected chi connectivity index (χ2v) is 11.0. The first-order valence-electron chi connectivity index (χ1n) is 10.7. The van der Waals surface area contributed by atoms with E-state index in [0.29, 0.717) is 42.7 Å². The van der Waals surface area contributed by atoms with Gasteiger partial charge in [-0.25, -0.2) is 13.4 Å². The van der Waals surface area contributed by atoms with Gasteiger partial charge < -0.3 is 9.47 Å². The summed E-state index contributed by atoms with van der Waals surface area (Å²) in [7, 11) is -3.33. The third-order valence-corrected chi connectivity index (χ3v) is 7.56. The number of fused-ring (bicyclic) bond motifs is 1. The average Bonchev–Trinajstić information content (AvgIpc) is 3.21. The zero-order valence-electron chi connectivity index (χ0n) is 19.1. The van der Waals surface area contributed by atoms with Gasteiger partial charge in [0.15, 0.2) is 21.6 Å². The van der Waals surface area contributed by atoms with E-state index in [1.54, 1.807) is 23.1 Å². The van der Waals surface area contributed by atoms with Crippen molar-refractivity contribution in [2.75, 3.05) is 57.2 Å². The largest absolute Gasteiger partial charge is 0.484 e. The number of morpholine rings is 1. The third kappa shape index (κ3) is 6.67. The van der Waals surface area contributed by atoms with Crippen LogP contribution >= 0.6 is 23.7 Å². The molecular formula is C23H28ClN3O5S2. The Kier molecular flexibility index (Phi) is 8.89. The highest BCUT2D eigenvalue weighted by molar-refractivity contribution is 7.90. The average molecular weight is 526 g/mol. The van der Waals surface area contributed by atoms with Gasteiger partial charge in [-0.15, -0.1) is 12.4 Å². The van der Waals surface area contributed by atoms with Gasteiger partial charge in [0.1, 0.15) is 5.75 Å². The van der Waals surface area contributed by atoms with Crippen LogP contribution < -0.4 is 9.64 Å². The smallest absolute Gasteiger partial charge is 0.266 e. The van der Waals surface area contributed by atoms with Gasteiger partial charge in [-0.05, 0) is 42.8 Å². The quantitative estimate of drug-likeness (QED) is 0.446. The number of carbonyl (C=O) groups excluding carboxylic acids is 1. The fourth-order valence-electron chi connectivity index (χ4n) is 3.56. The first-order valence-corrected chi connectivity index (χ1v) is 13.4. The topological polar surface area (TPSA) is 89.0 Å². The molecule has 34 heavy (non-hydrogen) atoms. The maximum atomic E-state index is 13.2. The van der Waals surface area contributed by atoms with E-state index < -0.39 is 9.84 Å². The van der Waals surface area contributed by atoms with Crippen LogP contribution in [0.2, 0.25) is 0 Å². The molecule has 8 nitrogen and oxygen atoms in total. The highest BCUT2D eigenvalue weighted by Gasteiger charge is 2.22. The number of amides is 1. The molecular weight excluding hydrogens is 498 g/mol. The Morgan fingerprint density at radius 2 is 1.97 bits per heavy atom. The lowest BCUT2D eigenvalue weighted by Crippen LogP contribution is -2.44. The maximum Gasteiger partial charge on any atom is 0.266 e. The van der Waals surface area contributed by atoms with Gasteiger partial charge in [0.2, 0.25) is 0 Å². The number of benzene rings is 2. The third-order valence-electron chi connectivity index (χ3n) is 5.40. The monoisotopic (exact) mass is 525 g/mol. The Bertz CT molecular complexity index is 1240. The molecule has 1 fully saturated rings. The lowest BCUT2D eigenvalue weighted by atomic mass is 10.2. The molecule has 2 heterocycles. The molecule has 0 aliphatic carbocycles. The number of carbonyl (C=O) groups is 1. The summed E-state index contributed by atoms with van der Waals surface area (Å²) in [5.41, 5.74) is 1.71. The van der Waals surface area contributed by atoms with Crippen molar-refractivity contribution in [2.45, 2.75) is 11.8 Å². The Morgan fingerprint density at radius 1 is 1.21 bits per heavy atom. The molecule has 0 saturated carbocycles. The fourth-order valence-corrected chi connectivity index (χ4v) is 5.33. The zero-order chi connectivity index (χ0) is 23.4. The molecule has 0 N–H and O–H groups in total. The van der Waals surface area contributed by atoms with Crippen LogP contribution in [0.15, 0.2) is 47.4 Å². The van der Waals surface area contributed by atoms with Crippen molar-refractivity contribution in [3.05, 3.63) is 48.0 Å². The van der Waals surface area contributed by atoms with E-state index in [2.05, 4.69) is 9.88 Å². The fraction of sp³-hybridized carbons (Fsp3) is 0.391. The number of hydrogen-bond acceptors (Lipinski definition) is 8. The second-order valence-electron chi connectivity index (χ2n) is 8.00. The van der Waals surface area contributed by atoms with Gasteiger partial charge in [-0.3, -0.25) is 14.6 Å². The van der Waals surface area contributed by atoms with Gasteiger partial charge in [0, 0.05) is 32.4 Å². The SMILES string of the molecule is Cc1cccc(OCC(=O)N(CCN2CCOCC2)c2nc3ccc(S(C)(=O)=O)cc3s2)c1.Cl. The second kappa shape index (κ2) is 11.5. The van der Waals surface area contributed by atoms with Gasteiger partial charge in [-0.2, -0.15) is 0 Å². The highest BCUT2D eigenvalue weighted by Crippen LogP contribution is 2.31. The maximum absolute atomic E-state index is 13.2. The molecule has 0 atom stereocenters. The first-order chi connectivity index (χ1) is 15.8. The van der Waals surface area contributed by atoms with Crippen LogP contribution in [-0.2, 0) is 19.4 Å². The summed E-state index contributed by atoms with van der Waals surface area (Å²) in [5.74, 6) is 0.436. The number of rotatable bonds is 8. The van der Waals surface area contributed by atoms with Crippen molar-refractivity contribution in [1.29, 1.82) is 0 Å². The molecule has 0 spiro atoms. The minimum absolute atomic E-state index is 0. The van der Waals surface area contributed by atoms with Crippen LogP contribution in [0, 0.1) is 6.92 Å². The van der Waals surface area contributed by atoms with Gasteiger partial charge in [0.25, 0.3) is 5.91 Å². The molecule has 11 heteroatoms. The first kappa shape index (κ1) is 26.4. The molecule has 0 bridgehead atoms. The Morgan fingerprint density at radius 3 is 2.68 bits per heavy atom. The zero-order valence-corrected chi connectivity index (χ0v) is 21.5. The summed E-state index contributed by atoms with van der Waals surface area (Å²) in [6.07, 6.45) is 1.18. The van der Waals surface area contributed by atoms with Crippen LogP contribution in [0.4, 0.5) is 5.13 Å². The van der Waals surface area contributed by atoms with Gasteiger partial charge in [-0.1, -0.05) is 23.5 Å². The Labute approximate surface area is 209 Å². The Hall–Kier alpha value is -2.24. The minimum atomic E-state index is -3.33. The number of ether oxygens (including phenoxy) is 2. The molecule has 1 amide bonds. The molecule has 3 aromatic rings. The summed E-state index contributed by atoms with van der Waals surface area (Å²) in [6.45, 7) is 5.99. The number of nitrogens with zero attached hydrogens (tertiary/aromatic N) is 3.